The minimum atomic E-state index is -3.87. The van der Waals surface area contributed by atoms with Crippen molar-refractivity contribution in [1.82, 2.24) is 15.7 Å². The van der Waals surface area contributed by atoms with Gasteiger partial charge in [-0.15, -0.1) is 0 Å². The summed E-state index contributed by atoms with van der Waals surface area (Å²) in [7, 11) is -3.87. The standard InChI is InChI=1S/C19H34N3O8P/c1-18(2,3)17(25)27-12-22-31(26)28-11-19(4,5)15(30-31)16(24)21-9-7-14(23)29-13-6-8-20-10-13/h13,15,20H,6-12H2,1-5H3,(H,21,24)(H,22,26)/t13?,15-,31?/m0/s1. The monoisotopic (exact) mass is 463 g/mol. The van der Waals surface area contributed by atoms with Crippen molar-refractivity contribution < 1.29 is 37.5 Å². The van der Waals surface area contributed by atoms with E-state index < -0.39 is 42.5 Å². The lowest BCUT2D eigenvalue weighted by Gasteiger charge is -2.40. The second-order valence-corrected chi connectivity index (χ2v) is 11.2. The average molecular weight is 463 g/mol. The average Bonchev–Trinajstić information content (AvgIpc) is 3.16. The maximum Gasteiger partial charge on any atom is 0.409 e. The SMILES string of the molecule is CC(C)(C)C(=O)OCNP1(=O)OCC(C)(C)[C@H](C(=O)NCCC(=O)OC2CCNC2)O1. The van der Waals surface area contributed by atoms with Crippen LogP contribution in [0.4, 0.5) is 0 Å². The predicted octanol–water partition coefficient (Wildman–Crippen LogP) is 1.08. The Morgan fingerprint density at radius 2 is 1.97 bits per heavy atom. The molecule has 3 N–H and O–H groups in total. The molecule has 2 rings (SSSR count). The molecule has 0 aromatic heterocycles. The third kappa shape index (κ3) is 7.84. The summed E-state index contributed by atoms with van der Waals surface area (Å²) in [5.74, 6) is -1.40. The maximum absolute atomic E-state index is 12.8. The van der Waals surface area contributed by atoms with Gasteiger partial charge in [0.05, 0.1) is 18.4 Å². The van der Waals surface area contributed by atoms with Gasteiger partial charge < -0.3 is 20.1 Å². The first-order chi connectivity index (χ1) is 14.3. The van der Waals surface area contributed by atoms with Crippen LogP contribution in [0.15, 0.2) is 0 Å². The van der Waals surface area contributed by atoms with E-state index in [1.165, 1.54) is 0 Å². The lowest BCUT2D eigenvalue weighted by atomic mass is 9.87. The molecule has 11 nitrogen and oxygen atoms in total. The highest BCUT2D eigenvalue weighted by atomic mass is 31.2. The zero-order valence-electron chi connectivity index (χ0n) is 18.8. The highest BCUT2D eigenvalue weighted by Gasteiger charge is 2.48. The molecule has 0 saturated carbocycles. The summed E-state index contributed by atoms with van der Waals surface area (Å²) < 4.78 is 34.0. The van der Waals surface area contributed by atoms with E-state index in [1.807, 2.05) is 0 Å². The number of hydrogen-bond donors (Lipinski definition) is 3. The van der Waals surface area contributed by atoms with Crippen molar-refractivity contribution in [3.05, 3.63) is 0 Å². The number of carbonyl (C=O) groups excluding carboxylic acids is 3. The smallest absolute Gasteiger partial charge is 0.409 e. The van der Waals surface area contributed by atoms with Gasteiger partial charge >= 0.3 is 19.7 Å². The summed E-state index contributed by atoms with van der Waals surface area (Å²) in [5.41, 5.74) is -1.48. The van der Waals surface area contributed by atoms with Gasteiger partial charge in [0.2, 0.25) is 5.91 Å². The number of nitrogens with one attached hydrogen (secondary N) is 3. The molecule has 178 valence electrons. The Bertz CT molecular complexity index is 715. The van der Waals surface area contributed by atoms with Crippen molar-refractivity contribution in [2.45, 2.75) is 59.7 Å². The minimum absolute atomic E-state index is 0.0146. The van der Waals surface area contributed by atoms with Crippen LogP contribution in [0.25, 0.3) is 0 Å². The Balaban J connectivity index is 1.83. The number of rotatable bonds is 8. The van der Waals surface area contributed by atoms with Gasteiger partial charge in [-0.25, -0.2) is 4.57 Å². The summed E-state index contributed by atoms with van der Waals surface area (Å²) in [6, 6.07) is 0. The molecule has 2 heterocycles. The number of ether oxygens (including phenoxy) is 2. The second kappa shape index (κ2) is 10.4. The van der Waals surface area contributed by atoms with Crippen LogP contribution in [0.2, 0.25) is 0 Å². The van der Waals surface area contributed by atoms with Crippen molar-refractivity contribution in [3.63, 3.8) is 0 Å². The molecule has 0 bridgehead atoms. The van der Waals surface area contributed by atoms with E-state index in [0.717, 1.165) is 13.0 Å². The summed E-state index contributed by atoms with van der Waals surface area (Å²) in [4.78, 5) is 36.4. The van der Waals surface area contributed by atoms with Gasteiger partial charge in [0.1, 0.15) is 6.10 Å². The molecular formula is C19H34N3O8P. The lowest BCUT2D eigenvalue weighted by Crippen LogP contribution is -2.51. The highest BCUT2D eigenvalue weighted by Crippen LogP contribution is 2.53. The minimum Gasteiger partial charge on any atom is -0.461 e. The van der Waals surface area contributed by atoms with Crippen LogP contribution in [-0.4, -0.2) is 63.0 Å². The van der Waals surface area contributed by atoms with Crippen molar-refractivity contribution in [2.24, 2.45) is 10.8 Å². The molecule has 1 amide bonds. The molecular weight excluding hydrogens is 429 g/mol. The van der Waals surface area contributed by atoms with Crippen LogP contribution in [0.1, 0.15) is 47.5 Å². The van der Waals surface area contributed by atoms with Gasteiger partial charge in [0, 0.05) is 18.5 Å². The molecule has 0 aliphatic carbocycles. The molecule has 0 spiro atoms. The maximum atomic E-state index is 12.8. The van der Waals surface area contributed by atoms with Crippen molar-refractivity contribution in [1.29, 1.82) is 0 Å². The van der Waals surface area contributed by atoms with Gasteiger partial charge in [0.25, 0.3) is 0 Å². The van der Waals surface area contributed by atoms with Gasteiger partial charge in [-0.3, -0.25) is 23.4 Å². The first kappa shape index (κ1) is 25.7. The Kier molecular flexibility index (Phi) is 8.63. The van der Waals surface area contributed by atoms with Gasteiger partial charge in [-0.2, -0.15) is 5.09 Å². The number of carbonyl (C=O) groups is 3. The molecule has 2 aliphatic heterocycles. The fourth-order valence-electron chi connectivity index (χ4n) is 2.87. The Morgan fingerprint density at radius 1 is 1.26 bits per heavy atom. The van der Waals surface area contributed by atoms with Crippen LogP contribution in [0.5, 0.6) is 0 Å². The van der Waals surface area contributed by atoms with Gasteiger partial charge in [-0.05, 0) is 33.7 Å². The first-order valence-electron chi connectivity index (χ1n) is 10.4. The summed E-state index contributed by atoms with van der Waals surface area (Å²) in [5, 5.41) is 8.18. The van der Waals surface area contributed by atoms with Crippen molar-refractivity contribution in [3.8, 4) is 0 Å². The van der Waals surface area contributed by atoms with Crippen LogP contribution in [-0.2, 0) is 37.5 Å². The molecule has 2 saturated heterocycles. The second-order valence-electron chi connectivity index (χ2n) is 9.37. The highest BCUT2D eigenvalue weighted by molar-refractivity contribution is 7.51. The van der Waals surface area contributed by atoms with Crippen molar-refractivity contribution >= 4 is 25.6 Å². The van der Waals surface area contributed by atoms with Crippen LogP contribution in [0.3, 0.4) is 0 Å². The summed E-state index contributed by atoms with van der Waals surface area (Å²) in [6.07, 6.45) is -0.432. The van der Waals surface area contributed by atoms with Gasteiger partial charge in [-0.1, -0.05) is 13.8 Å². The molecule has 2 aliphatic rings. The molecule has 0 aromatic rings. The van der Waals surface area contributed by atoms with E-state index >= 15 is 0 Å². The topological polar surface area (TPSA) is 141 Å². The van der Waals surface area contributed by atoms with E-state index in [9.17, 15) is 18.9 Å². The van der Waals surface area contributed by atoms with Crippen LogP contribution >= 0.6 is 7.75 Å². The Labute approximate surface area is 182 Å². The van der Waals surface area contributed by atoms with Crippen LogP contribution < -0.4 is 15.7 Å². The van der Waals surface area contributed by atoms with E-state index in [2.05, 4.69) is 15.7 Å². The molecule has 12 heteroatoms. The molecule has 31 heavy (non-hydrogen) atoms. The molecule has 2 fully saturated rings. The van der Waals surface area contributed by atoms with Crippen molar-refractivity contribution in [2.75, 3.05) is 33.0 Å². The quantitative estimate of drug-likeness (QED) is 0.272. The number of hydrogen-bond acceptors (Lipinski definition) is 9. The fourth-order valence-corrected chi connectivity index (χ4v) is 4.48. The third-order valence-electron chi connectivity index (χ3n) is 4.81. The van der Waals surface area contributed by atoms with E-state index in [0.29, 0.717) is 6.54 Å². The van der Waals surface area contributed by atoms with Crippen LogP contribution in [0, 0.1) is 10.8 Å². The Hall–Kier alpha value is -1.52. The Morgan fingerprint density at radius 3 is 2.58 bits per heavy atom. The van der Waals surface area contributed by atoms with Gasteiger partial charge in [0.15, 0.2) is 12.8 Å². The van der Waals surface area contributed by atoms with E-state index in [-0.39, 0.29) is 32.4 Å². The fraction of sp³-hybridized carbons (Fsp3) is 0.842. The predicted molar refractivity (Wildman–Crippen MR) is 111 cm³/mol. The first-order valence-corrected chi connectivity index (χ1v) is 11.9. The summed E-state index contributed by atoms with van der Waals surface area (Å²) >= 11 is 0. The number of esters is 2. The normalized spacial score (nSPS) is 28.0. The molecule has 0 aromatic carbocycles. The van der Waals surface area contributed by atoms with E-state index in [1.54, 1.807) is 34.6 Å². The molecule has 0 radical (unpaired) electrons. The number of amides is 1. The summed E-state index contributed by atoms with van der Waals surface area (Å²) in [6.45, 7) is 9.66. The lowest BCUT2D eigenvalue weighted by molar-refractivity contribution is -0.154. The zero-order chi connectivity index (χ0) is 23.3. The molecule has 2 unspecified atom stereocenters. The third-order valence-corrected chi connectivity index (χ3v) is 6.29. The largest absolute Gasteiger partial charge is 0.461 e. The molecule has 3 atom stereocenters. The zero-order valence-corrected chi connectivity index (χ0v) is 19.7. The van der Waals surface area contributed by atoms with E-state index in [4.69, 9.17) is 18.5 Å².